The Kier molecular flexibility index (Phi) is 3.57. The summed E-state index contributed by atoms with van der Waals surface area (Å²) in [6.07, 6.45) is 2.31. The number of ether oxygens (including phenoxy) is 1. The SMILES string of the molecule is COc1cccc(N2C[C@@H](Nc3ccc4cc[nH]c4n3)CC2=O)c1. The van der Waals surface area contributed by atoms with Gasteiger partial charge in [0.15, 0.2) is 0 Å². The van der Waals surface area contributed by atoms with Crippen molar-refractivity contribution in [3.63, 3.8) is 0 Å². The highest BCUT2D eigenvalue weighted by molar-refractivity contribution is 5.96. The van der Waals surface area contributed by atoms with Gasteiger partial charge >= 0.3 is 0 Å². The summed E-state index contributed by atoms with van der Waals surface area (Å²) >= 11 is 0. The normalized spacial score (nSPS) is 17.5. The number of amides is 1. The first-order chi connectivity index (χ1) is 11.7. The number of methoxy groups -OCH3 is 1. The highest BCUT2D eigenvalue weighted by Crippen LogP contribution is 2.26. The number of aromatic nitrogens is 2. The van der Waals surface area contributed by atoms with E-state index in [0.717, 1.165) is 28.3 Å². The van der Waals surface area contributed by atoms with E-state index in [4.69, 9.17) is 4.74 Å². The Hall–Kier alpha value is -3.02. The molecule has 1 atom stereocenters. The number of carbonyl (C=O) groups is 1. The van der Waals surface area contributed by atoms with Crippen LogP contribution in [0.15, 0.2) is 48.7 Å². The van der Waals surface area contributed by atoms with Crippen molar-refractivity contribution in [1.82, 2.24) is 9.97 Å². The number of H-pyrrole nitrogens is 1. The second-order valence-electron chi connectivity index (χ2n) is 5.86. The summed E-state index contributed by atoms with van der Waals surface area (Å²) in [7, 11) is 1.62. The topological polar surface area (TPSA) is 70.2 Å². The minimum atomic E-state index is 0.0311. The van der Waals surface area contributed by atoms with Crippen LogP contribution in [0, 0.1) is 0 Å². The van der Waals surface area contributed by atoms with Gasteiger partial charge in [-0.1, -0.05) is 6.07 Å². The molecular formula is C18H18N4O2. The Labute approximate surface area is 139 Å². The van der Waals surface area contributed by atoms with Gasteiger partial charge in [0.25, 0.3) is 0 Å². The first kappa shape index (κ1) is 14.6. The first-order valence-electron chi connectivity index (χ1n) is 7.88. The van der Waals surface area contributed by atoms with Crippen LogP contribution >= 0.6 is 0 Å². The molecule has 2 N–H and O–H groups in total. The van der Waals surface area contributed by atoms with E-state index in [0.29, 0.717) is 13.0 Å². The van der Waals surface area contributed by atoms with Crippen molar-refractivity contribution in [2.75, 3.05) is 23.9 Å². The molecule has 3 heterocycles. The Morgan fingerprint density at radius 2 is 2.21 bits per heavy atom. The van der Waals surface area contributed by atoms with Gasteiger partial charge in [-0.05, 0) is 30.3 Å². The largest absolute Gasteiger partial charge is 0.497 e. The van der Waals surface area contributed by atoms with Crippen LogP contribution < -0.4 is 15.0 Å². The number of fused-ring (bicyclic) bond motifs is 1. The van der Waals surface area contributed by atoms with E-state index in [-0.39, 0.29) is 11.9 Å². The van der Waals surface area contributed by atoms with Gasteiger partial charge in [-0.25, -0.2) is 4.98 Å². The van der Waals surface area contributed by atoms with Crippen LogP contribution in [-0.2, 0) is 4.79 Å². The summed E-state index contributed by atoms with van der Waals surface area (Å²) in [6, 6.07) is 13.5. The van der Waals surface area contributed by atoms with Crippen molar-refractivity contribution in [1.29, 1.82) is 0 Å². The molecular weight excluding hydrogens is 304 g/mol. The van der Waals surface area contributed by atoms with Crippen LogP contribution in [0.2, 0.25) is 0 Å². The van der Waals surface area contributed by atoms with Gasteiger partial charge in [-0.2, -0.15) is 0 Å². The van der Waals surface area contributed by atoms with E-state index < -0.39 is 0 Å². The number of nitrogens with zero attached hydrogens (tertiary/aromatic N) is 2. The fourth-order valence-corrected chi connectivity index (χ4v) is 3.05. The Bertz CT molecular complexity index is 889. The molecule has 1 amide bonds. The summed E-state index contributed by atoms with van der Waals surface area (Å²) in [5, 5.41) is 4.43. The Morgan fingerprint density at radius 1 is 1.29 bits per heavy atom. The molecule has 6 heteroatoms. The molecule has 24 heavy (non-hydrogen) atoms. The van der Waals surface area contributed by atoms with E-state index in [9.17, 15) is 4.79 Å². The van der Waals surface area contributed by atoms with Gasteiger partial charge in [-0.15, -0.1) is 0 Å². The maximum absolute atomic E-state index is 12.4. The van der Waals surface area contributed by atoms with Crippen molar-refractivity contribution in [2.45, 2.75) is 12.5 Å². The molecule has 1 aliphatic heterocycles. The number of nitrogens with one attached hydrogen (secondary N) is 2. The predicted octanol–water partition coefficient (Wildman–Crippen LogP) is 2.79. The molecule has 0 spiro atoms. The maximum atomic E-state index is 12.4. The Morgan fingerprint density at radius 3 is 3.08 bits per heavy atom. The summed E-state index contributed by atoms with van der Waals surface area (Å²) in [6.45, 7) is 0.608. The molecule has 1 aromatic carbocycles. The van der Waals surface area contributed by atoms with Crippen LogP contribution in [0.5, 0.6) is 5.75 Å². The van der Waals surface area contributed by atoms with Crippen LogP contribution in [0.1, 0.15) is 6.42 Å². The highest BCUT2D eigenvalue weighted by Gasteiger charge is 2.31. The number of pyridine rings is 1. The third-order valence-corrected chi connectivity index (χ3v) is 4.25. The number of aromatic amines is 1. The fourth-order valence-electron chi connectivity index (χ4n) is 3.05. The molecule has 3 aromatic rings. The lowest BCUT2D eigenvalue weighted by atomic mass is 10.2. The molecule has 4 rings (SSSR count). The zero-order valence-electron chi connectivity index (χ0n) is 13.3. The zero-order valence-corrected chi connectivity index (χ0v) is 13.3. The standard InChI is InChI=1S/C18H18N4O2/c1-24-15-4-2-3-14(10-15)22-11-13(9-17(22)23)20-16-6-5-12-7-8-19-18(12)21-16/h2-8,10,13H,9,11H2,1H3,(H2,19,20,21)/t13-/m0/s1. The molecule has 6 nitrogen and oxygen atoms in total. The summed E-state index contributed by atoms with van der Waals surface area (Å²) in [5.41, 5.74) is 1.70. The smallest absolute Gasteiger partial charge is 0.229 e. The van der Waals surface area contributed by atoms with E-state index in [1.807, 2.05) is 48.7 Å². The van der Waals surface area contributed by atoms with E-state index in [2.05, 4.69) is 15.3 Å². The summed E-state index contributed by atoms with van der Waals surface area (Å²) < 4.78 is 5.24. The maximum Gasteiger partial charge on any atom is 0.229 e. The quantitative estimate of drug-likeness (QED) is 0.775. The van der Waals surface area contributed by atoms with Crippen molar-refractivity contribution < 1.29 is 9.53 Å². The third-order valence-electron chi connectivity index (χ3n) is 4.25. The van der Waals surface area contributed by atoms with Crippen molar-refractivity contribution in [3.8, 4) is 5.75 Å². The van der Waals surface area contributed by atoms with Crippen molar-refractivity contribution in [3.05, 3.63) is 48.7 Å². The molecule has 1 saturated heterocycles. The van der Waals surface area contributed by atoms with E-state index in [1.54, 1.807) is 12.0 Å². The van der Waals surface area contributed by atoms with E-state index >= 15 is 0 Å². The fraction of sp³-hybridized carbons (Fsp3) is 0.222. The molecule has 0 saturated carbocycles. The third kappa shape index (κ3) is 2.67. The van der Waals surface area contributed by atoms with Gasteiger partial charge in [0.05, 0.1) is 13.2 Å². The minimum absolute atomic E-state index is 0.0311. The molecule has 0 radical (unpaired) electrons. The van der Waals surface area contributed by atoms with Gasteiger partial charge < -0.3 is 19.9 Å². The monoisotopic (exact) mass is 322 g/mol. The number of rotatable bonds is 4. The molecule has 0 aliphatic carbocycles. The number of anilines is 2. The lowest BCUT2D eigenvalue weighted by Gasteiger charge is -2.18. The minimum Gasteiger partial charge on any atom is -0.497 e. The van der Waals surface area contributed by atoms with Crippen LogP contribution in [0.25, 0.3) is 11.0 Å². The average molecular weight is 322 g/mol. The number of hydrogen-bond acceptors (Lipinski definition) is 4. The predicted molar refractivity (Wildman–Crippen MR) is 93.5 cm³/mol. The lowest BCUT2D eigenvalue weighted by molar-refractivity contribution is -0.117. The van der Waals surface area contributed by atoms with Gasteiger partial charge in [0.1, 0.15) is 17.2 Å². The number of hydrogen-bond donors (Lipinski definition) is 2. The molecule has 2 aromatic heterocycles. The second-order valence-corrected chi connectivity index (χ2v) is 5.86. The molecule has 122 valence electrons. The van der Waals surface area contributed by atoms with Gasteiger partial charge in [-0.3, -0.25) is 4.79 Å². The molecule has 1 aliphatic rings. The summed E-state index contributed by atoms with van der Waals surface area (Å²) in [5.74, 6) is 1.62. The van der Waals surface area contributed by atoms with Crippen molar-refractivity contribution >= 4 is 28.4 Å². The zero-order chi connectivity index (χ0) is 16.5. The number of benzene rings is 1. The first-order valence-corrected chi connectivity index (χ1v) is 7.88. The summed E-state index contributed by atoms with van der Waals surface area (Å²) in [4.78, 5) is 21.8. The highest BCUT2D eigenvalue weighted by atomic mass is 16.5. The van der Waals surface area contributed by atoms with Crippen molar-refractivity contribution in [2.24, 2.45) is 0 Å². The molecule has 1 fully saturated rings. The van der Waals surface area contributed by atoms with Crippen LogP contribution in [0.4, 0.5) is 11.5 Å². The number of carbonyl (C=O) groups excluding carboxylic acids is 1. The van der Waals surface area contributed by atoms with E-state index in [1.165, 1.54) is 0 Å². The van der Waals surface area contributed by atoms with Gasteiger partial charge in [0, 0.05) is 36.3 Å². The molecule has 0 bridgehead atoms. The second kappa shape index (κ2) is 5.88. The molecule has 0 unspecified atom stereocenters. The average Bonchev–Trinajstić information content (AvgIpc) is 3.21. The van der Waals surface area contributed by atoms with Crippen LogP contribution in [-0.4, -0.2) is 35.6 Å². The Balaban J connectivity index is 1.50. The van der Waals surface area contributed by atoms with Crippen LogP contribution in [0.3, 0.4) is 0 Å². The van der Waals surface area contributed by atoms with Gasteiger partial charge in [0.2, 0.25) is 5.91 Å². The lowest BCUT2D eigenvalue weighted by Crippen LogP contribution is -2.27.